The molecule has 0 spiro atoms. The molecule has 1 aliphatic heterocycles. The van der Waals surface area contributed by atoms with E-state index >= 15 is 0 Å². The highest BCUT2D eigenvalue weighted by Gasteiger charge is 2.44. The first kappa shape index (κ1) is 12.0. The summed E-state index contributed by atoms with van der Waals surface area (Å²) < 4.78 is 0. The highest BCUT2D eigenvalue weighted by Crippen LogP contribution is 2.09. The zero-order chi connectivity index (χ0) is 10.6. The fourth-order valence-corrected chi connectivity index (χ4v) is 2.94. The van der Waals surface area contributed by atoms with Gasteiger partial charge in [-0.15, -0.1) is 0 Å². The predicted octanol–water partition coefficient (Wildman–Crippen LogP) is -2.80. The molecule has 1 rings (SSSR count). The van der Waals surface area contributed by atoms with Gasteiger partial charge in [0.25, 0.3) is 0 Å². The summed E-state index contributed by atoms with van der Waals surface area (Å²) in [4.78, 5) is 3.46. The Labute approximate surface area is 88.2 Å². The summed E-state index contributed by atoms with van der Waals surface area (Å²) in [5.41, 5.74) is 4.70. The van der Waals surface area contributed by atoms with Gasteiger partial charge in [0.05, 0.1) is 46.1 Å². The Bertz CT molecular complexity index is 158. The van der Waals surface area contributed by atoms with Crippen molar-refractivity contribution >= 4 is 0 Å². The Morgan fingerprint density at radius 2 is 1.71 bits per heavy atom. The van der Waals surface area contributed by atoms with Gasteiger partial charge in [-0.2, -0.15) is 0 Å². The first-order valence-corrected chi connectivity index (χ1v) is 6.14. The lowest BCUT2D eigenvalue weighted by Crippen LogP contribution is -3.25. The lowest BCUT2D eigenvalue weighted by molar-refractivity contribution is -0.978. The van der Waals surface area contributed by atoms with Crippen molar-refractivity contribution in [3.05, 3.63) is 0 Å². The summed E-state index contributed by atoms with van der Waals surface area (Å²) in [6.45, 7) is 10.9. The topological polar surface area (TPSA) is 36.5 Å². The Hall–Kier alpha value is -0.120. The standard InChI is InChI=1S/C11H25N3/c1-4-14(5-2)11(10-12)6-8-13(3)9-7-11/h4-10,12H2,1-3H3/p+3. The fourth-order valence-electron chi connectivity index (χ4n) is 2.94. The van der Waals surface area contributed by atoms with Gasteiger partial charge in [-0.05, 0) is 13.8 Å². The van der Waals surface area contributed by atoms with Crippen LogP contribution in [0, 0.1) is 0 Å². The fraction of sp³-hybridized carbons (Fsp3) is 1.00. The Morgan fingerprint density at radius 3 is 2.07 bits per heavy atom. The first-order chi connectivity index (χ1) is 6.68. The van der Waals surface area contributed by atoms with Gasteiger partial charge in [0.2, 0.25) is 0 Å². The van der Waals surface area contributed by atoms with Crippen LogP contribution >= 0.6 is 0 Å². The van der Waals surface area contributed by atoms with E-state index in [-0.39, 0.29) is 0 Å². The lowest BCUT2D eigenvalue weighted by Gasteiger charge is -2.41. The summed E-state index contributed by atoms with van der Waals surface area (Å²) >= 11 is 0. The molecule has 1 aliphatic rings. The maximum atomic E-state index is 4.19. The molecule has 0 bridgehead atoms. The maximum Gasteiger partial charge on any atom is 0.158 e. The van der Waals surface area contributed by atoms with E-state index in [1.54, 1.807) is 9.80 Å². The van der Waals surface area contributed by atoms with E-state index in [9.17, 15) is 0 Å². The largest absolute Gasteiger partial charge is 0.352 e. The highest BCUT2D eigenvalue weighted by molar-refractivity contribution is 4.79. The van der Waals surface area contributed by atoms with Crippen molar-refractivity contribution in [1.29, 1.82) is 0 Å². The molecule has 1 saturated heterocycles. The molecule has 84 valence electrons. The van der Waals surface area contributed by atoms with E-state index in [0.29, 0.717) is 5.54 Å². The molecule has 0 aromatic rings. The van der Waals surface area contributed by atoms with Gasteiger partial charge < -0.3 is 15.5 Å². The molecule has 3 heteroatoms. The summed E-state index contributed by atoms with van der Waals surface area (Å²) in [5.74, 6) is 0. The number of likely N-dealkylation sites (N-methyl/N-ethyl adjacent to an activating group) is 1. The molecule has 14 heavy (non-hydrogen) atoms. The lowest BCUT2D eigenvalue weighted by atomic mass is 9.85. The van der Waals surface area contributed by atoms with E-state index in [0.717, 1.165) is 6.54 Å². The number of likely N-dealkylation sites (tertiary alicyclic amines) is 1. The number of nitrogens with one attached hydrogen (secondary N) is 2. The van der Waals surface area contributed by atoms with Crippen LogP contribution < -0.4 is 15.5 Å². The van der Waals surface area contributed by atoms with Gasteiger partial charge in [-0.3, -0.25) is 0 Å². The second-order valence-corrected chi connectivity index (χ2v) is 4.80. The highest BCUT2D eigenvalue weighted by atomic mass is 15.2. The number of rotatable bonds is 4. The van der Waals surface area contributed by atoms with Crippen LogP contribution in [0.15, 0.2) is 0 Å². The van der Waals surface area contributed by atoms with Crippen molar-refractivity contribution in [1.82, 2.24) is 0 Å². The number of hydrogen-bond acceptors (Lipinski definition) is 0. The van der Waals surface area contributed by atoms with E-state index in [1.807, 2.05) is 0 Å². The van der Waals surface area contributed by atoms with Crippen LogP contribution in [0.2, 0.25) is 0 Å². The molecule has 0 unspecified atom stereocenters. The first-order valence-electron chi connectivity index (χ1n) is 6.14. The second-order valence-electron chi connectivity index (χ2n) is 4.80. The predicted molar refractivity (Wildman–Crippen MR) is 58.4 cm³/mol. The van der Waals surface area contributed by atoms with E-state index in [1.165, 1.54) is 39.0 Å². The quantitative estimate of drug-likeness (QED) is 0.441. The molecule has 0 saturated carbocycles. The summed E-state index contributed by atoms with van der Waals surface area (Å²) in [5, 5.41) is 0. The van der Waals surface area contributed by atoms with Gasteiger partial charge in [0.1, 0.15) is 6.54 Å². The van der Waals surface area contributed by atoms with Crippen molar-refractivity contribution in [2.24, 2.45) is 0 Å². The SMILES string of the molecule is CC[NH+](CC)C1(C[NH3+])CC[NH+](C)CC1. The van der Waals surface area contributed by atoms with Crippen molar-refractivity contribution in [2.75, 3.05) is 39.8 Å². The van der Waals surface area contributed by atoms with Crippen LogP contribution in [0.1, 0.15) is 26.7 Å². The minimum atomic E-state index is 0.503. The third-order valence-electron chi connectivity index (χ3n) is 4.14. The zero-order valence-corrected chi connectivity index (χ0v) is 10.2. The molecule has 5 N–H and O–H groups in total. The number of quaternary nitrogens is 3. The zero-order valence-electron chi connectivity index (χ0n) is 10.2. The molecule has 1 heterocycles. The molecule has 1 fully saturated rings. The van der Waals surface area contributed by atoms with E-state index < -0.39 is 0 Å². The van der Waals surface area contributed by atoms with Crippen LogP contribution in [0.4, 0.5) is 0 Å². The van der Waals surface area contributed by atoms with Crippen LogP contribution in [-0.4, -0.2) is 45.3 Å². The van der Waals surface area contributed by atoms with Crippen LogP contribution in [0.3, 0.4) is 0 Å². The normalized spacial score (nSPS) is 33.6. The van der Waals surface area contributed by atoms with Crippen molar-refractivity contribution in [2.45, 2.75) is 32.2 Å². The molecule has 0 aromatic heterocycles. The van der Waals surface area contributed by atoms with E-state index in [2.05, 4.69) is 26.6 Å². The Kier molecular flexibility index (Phi) is 4.35. The molecule has 0 aliphatic carbocycles. The maximum absolute atomic E-state index is 4.19. The molecule has 0 atom stereocenters. The van der Waals surface area contributed by atoms with Crippen molar-refractivity contribution < 1.29 is 15.5 Å². The van der Waals surface area contributed by atoms with Crippen LogP contribution in [-0.2, 0) is 0 Å². The summed E-state index contributed by atoms with van der Waals surface area (Å²) in [6.07, 6.45) is 2.72. The van der Waals surface area contributed by atoms with E-state index in [4.69, 9.17) is 0 Å². The molecule has 0 amide bonds. The summed E-state index contributed by atoms with van der Waals surface area (Å²) in [6, 6.07) is 0. The van der Waals surface area contributed by atoms with Crippen LogP contribution in [0.25, 0.3) is 0 Å². The third-order valence-corrected chi connectivity index (χ3v) is 4.14. The smallest absolute Gasteiger partial charge is 0.158 e. The van der Waals surface area contributed by atoms with Crippen molar-refractivity contribution in [3.63, 3.8) is 0 Å². The minimum absolute atomic E-state index is 0.503. The third kappa shape index (κ3) is 2.27. The number of piperidine rings is 1. The van der Waals surface area contributed by atoms with Gasteiger partial charge in [0, 0.05) is 0 Å². The van der Waals surface area contributed by atoms with Crippen molar-refractivity contribution in [3.8, 4) is 0 Å². The molecular weight excluding hydrogens is 174 g/mol. The van der Waals surface area contributed by atoms with Crippen LogP contribution in [0.5, 0.6) is 0 Å². The number of hydrogen-bond donors (Lipinski definition) is 3. The van der Waals surface area contributed by atoms with Gasteiger partial charge >= 0.3 is 0 Å². The average molecular weight is 202 g/mol. The van der Waals surface area contributed by atoms with Gasteiger partial charge in [-0.1, -0.05) is 0 Å². The minimum Gasteiger partial charge on any atom is -0.352 e. The average Bonchev–Trinajstić information content (AvgIpc) is 2.23. The molecule has 0 aromatic carbocycles. The summed E-state index contributed by atoms with van der Waals surface area (Å²) in [7, 11) is 2.31. The second kappa shape index (κ2) is 5.10. The van der Waals surface area contributed by atoms with Gasteiger partial charge in [0.15, 0.2) is 5.54 Å². The Morgan fingerprint density at radius 1 is 1.21 bits per heavy atom. The van der Waals surface area contributed by atoms with Gasteiger partial charge in [-0.25, -0.2) is 0 Å². The molecule has 0 radical (unpaired) electrons. The molecule has 3 nitrogen and oxygen atoms in total. The Balaban J connectivity index is 2.65. The molecular formula is C11H28N3+3. The monoisotopic (exact) mass is 202 g/mol.